The zero-order valence-electron chi connectivity index (χ0n) is 11.7. The lowest BCUT2D eigenvalue weighted by molar-refractivity contribution is 0.0271. The van der Waals surface area contributed by atoms with Crippen molar-refractivity contribution in [2.24, 2.45) is 11.8 Å². The van der Waals surface area contributed by atoms with Gasteiger partial charge in [-0.2, -0.15) is 0 Å². The van der Waals surface area contributed by atoms with Crippen molar-refractivity contribution < 1.29 is 10.2 Å². The average Bonchev–Trinajstić information content (AvgIpc) is 2.79. The van der Waals surface area contributed by atoms with Gasteiger partial charge >= 0.3 is 0 Å². The molecule has 3 heteroatoms. The monoisotopic (exact) mass is 255 g/mol. The first kappa shape index (κ1) is 14.3. The molecule has 0 amide bonds. The number of aliphatic hydroxyl groups excluding tert-OH is 2. The van der Waals surface area contributed by atoms with E-state index in [4.69, 9.17) is 5.11 Å². The molecule has 0 aromatic rings. The summed E-state index contributed by atoms with van der Waals surface area (Å²) in [6, 6.07) is 0.654. The number of aliphatic hydroxyl groups is 2. The first-order valence-corrected chi connectivity index (χ1v) is 7.73. The lowest BCUT2D eigenvalue weighted by atomic mass is 9.80. The Bertz CT molecular complexity index is 247. The quantitative estimate of drug-likeness (QED) is 0.790. The van der Waals surface area contributed by atoms with Crippen LogP contribution < -0.4 is 0 Å². The van der Waals surface area contributed by atoms with E-state index >= 15 is 0 Å². The molecular weight excluding hydrogens is 226 g/mol. The molecule has 2 N–H and O–H groups in total. The number of likely N-dealkylation sites (tertiary alicyclic amines) is 1. The van der Waals surface area contributed by atoms with Crippen LogP contribution in [0.3, 0.4) is 0 Å². The molecule has 0 radical (unpaired) electrons. The fraction of sp³-hybridized carbons (Fsp3) is 1.00. The largest absolute Gasteiger partial charge is 0.396 e. The summed E-state index contributed by atoms with van der Waals surface area (Å²) in [7, 11) is 0. The molecule has 2 fully saturated rings. The fourth-order valence-electron chi connectivity index (χ4n) is 3.77. The van der Waals surface area contributed by atoms with Gasteiger partial charge in [-0.25, -0.2) is 0 Å². The van der Waals surface area contributed by atoms with E-state index in [-0.39, 0.29) is 6.10 Å². The third-order valence-corrected chi connectivity index (χ3v) is 4.87. The van der Waals surface area contributed by atoms with Crippen molar-refractivity contribution in [3.8, 4) is 0 Å². The molecule has 0 aromatic carbocycles. The van der Waals surface area contributed by atoms with Gasteiger partial charge in [-0.1, -0.05) is 6.92 Å². The lowest BCUT2D eigenvalue weighted by Crippen LogP contribution is -2.40. The summed E-state index contributed by atoms with van der Waals surface area (Å²) >= 11 is 0. The molecule has 1 aliphatic carbocycles. The highest BCUT2D eigenvalue weighted by molar-refractivity contribution is 4.85. The Hall–Kier alpha value is -0.120. The second kappa shape index (κ2) is 6.88. The average molecular weight is 255 g/mol. The molecule has 2 rings (SSSR count). The minimum atomic E-state index is -0.0831. The van der Waals surface area contributed by atoms with Gasteiger partial charge in [0, 0.05) is 19.2 Å². The van der Waals surface area contributed by atoms with Gasteiger partial charge in [0.15, 0.2) is 0 Å². The Kier molecular flexibility index (Phi) is 5.46. The molecule has 1 saturated carbocycles. The molecule has 2 aliphatic rings. The van der Waals surface area contributed by atoms with Crippen molar-refractivity contribution >= 4 is 0 Å². The molecule has 4 atom stereocenters. The van der Waals surface area contributed by atoms with Gasteiger partial charge in [-0.3, -0.25) is 0 Å². The van der Waals surface area contributed by atoms with E-state index in [0.717, 1.165) is 31.7 Å². The Labute approximate surface area is 111 Å². The second-order valence-corrected chi connectivity index (χ2v) is 6.40. The van der Waals surface area contributed by atoms with Crippen molar-refractivity contribution in [2.45, 2.75) is 64.0 Å². The van der Waals surface area contributed by atoms with Crippen LogP contribution >= 0.6 is 0 Å². The minimum Gasteiger partial charge on any atom is -0.396 e. The Morgan fingerprint density at radius 1 is 1.22 bits per heavy atom. The summed E-state index contributed by atoms with van der Waals surface area (Å²) in [4.78, 5) is 2.57. The number of hydrogen-bond donors (Lipinski definition) is 2. The second-order valence-electron chi connectivity index (χ2n) is 6.40. The van der Waals surface area contributed by atoms with Crippen LogP contribution in [0.2, 0.25) is 0 Å². The number of rotatable bonds is 5. The third kappa shape index (κ3) is 3.69. The van der Waals surface area contributed by atoms with Gasteiger partial charge in [-0.15, -0.1) is 0 Å². The maximum absolute atomic E-state index is 10.1. The molecule has 1 aliphatic heterocycles. The zero-order chi connectivity index (χ0) is 13.0. The normalized spacial score (nSPS) is 38.2. The van der Waals surface area contributed by atoms with Gasteiger partial charge in [0.25, 0.3) is 0 Å². The summed E-state index contributed by atoms with van der Waals surface area (Å²) in [5.41, 5.74) is 0. The highest BCUT2D eigenvalue weighted by Crippen LogP contribution is 2.32. The van der Waals surface area contributed by atoms with E-state index in [0.29, 0.717) is 18.6 Å². The molecule has 1 heterocycles. The molecule has 0 bridgehead atoms. The summed E-state index contributed by atoms with van der Waals surface area (Å²) in [5.74, 6) is 1.25. The summed E-state index contributed by atoms with van der Waals surface area (Å²) in [6.07, 6.45) is 7.88. The Morgan fingerprint density at radius 2 is 2.06 bits per heavy atom. The number of hydrogen-bond acceptors (Lipinski definition) is 3. The van der Waals surface area contributed by atoms with Crippen LogP contribution in [-0.4, -0.2) is 47.0 Å². The van der Waals surface area contributed by atoms with Crippen molar-refractivity contribution in [3.05, 3.63) is 0 Å². The molecule has 3 nitrogen and oxygen atoms in total. The van der Waals surface area contributed by atoms with Crippen LogP contribution in [0.4, 0.5) is 0 Å². The van der Waals surface area contributed by atoms with Crippen molar-refractivity contribution in [3.63, 3.8) is 0 Å². The molecule has 1 saturated heterocycles. The van der Waals surface area contributed by atoms with E-state index < -0.39 is 0 Å². The smallest absolute Gasteiger partial charge is 0.0580 e. The first-order chi connectivity index (χ1) is 8.70. The highest BCUT2D eigenvalue weighted by Gasteiger charge is 2.32. The Balaban J connectivity index is 1.83. The third-order valence-electron chi connectivity index (χ3n) is 4.87. The Morgan fingerprint density at radius 3 is 2.83 bits per heavy atom. The fourth-order valence-corrected chi connectivity index (χ4v) is 3.77. The zero-order valence-corrected chi connectivity index (χ0v) is 11.7. The number of nitrogens with zero attached hydrogens (tertiary/aromatic N) is 1. The van der Waals surface area contributed by atoms with Gasteiger partial charge in [0.1, 0.15) is 0 Å². The standard InChI is InChI=1S/C15H29NO2/c1-12-6-7-15(18)13(10-12)11-16-8-2-4-14(16)5-3-9-17/h12-15,17-18H,2-11H2,1H3. The van der Waals surface area contributed by atoms with Crippen LogP contribution in [-0.2, 0) is 0 Å². The van der Waals surface area contributed by atoms with E-state index in [1.807, 2.05) is 0 Å². The van der Waals surface area contributed by atoms with Crippen LogP contribution in [0, 0.1) is 11.8 Å². The molecule has 4 unspecified atom stereocenters. The van der Waals surface area contributed by atoms with E-state index in [1.54, 1.807) is 0 Å². The maximum Gasteiger partial charge on any atom is 0.0580 e. The summed E-state index contributed by atoms with van der Waals surface area (Å²) in [5, 5.41) is 19.1. The summed E-state index contributed by atoms with van der Waals surface area (Å²) < 4.78 is 0. The van der Waals surface area contributed by atoms with E-state index in [9.17, 15) is 5.11 Å². The molecular formula is C15H29NO2. The molecule has 18 heavy (non-hydrogen) atoms. The topological polar surface area (TPSA) is 43.7 Å². The minimum absolute atomic E-state index is 0.0831. The van der Waals surface area contributed by atoms with E-state index in [2.05, 4.69) is 11.8 Å². The maximum atomic E-state index is 10.1. The van der Waals surface area contributed by atoms with Gasteiger partial charge in [-0.05, 0) is 63.3 Å². The van der Waals surface area contributed by atoms with Crippen LogP contribution in [0.15, 0.2) is 0 Å². The predicted octanol–water partition coefficient (Wildman–Crippen LogP) is 2.02. The highest BCUT2D eigenvalue weighted by atomic mass is 16.3. The van der Waals surface area contributed by atoms with Crippen molar-refractivity contribution in [1.29, 1.82) is 0 Å². The van der Waals surface area contributed by atoms with Gasteiger partial charge in [0.2, 0.25) is 0 Å². The van der Waals surface area contributed by atoms with Gasteiger partial charge < -0.3 is 15.1 Å². The molecule has 106 valence electrons. The van der Waals surface area contributed by atoms with Crippen LogP contribution in [0.5, 0.6) is 0 Å². The van der Waals surface area contributed by atoms with E-state index in [1.165, 1.54) is 32.2 Å². The SMILES string of the molecule is CC1CCC(O)C(CN2CCCC2CCCO)C1. The predicted molar refractivity (Wildman–Crippen MR) is 73.4 cm³/mol. The van der Waals surface area contributed by atoms with Gasteiger partial charge in [0.05, 0.1) is 6.10 Å². The first-order valence-electron chi connectivity index (χ1n) is 7.73. The molecule has 0 aromatic heterocycles. The van der Waals surface area contributed by atoms with Crippen molar-refractivity contribution in [1.82, 2.24) is 4.90 Å². The molecule has 0 spiro atoms. The lowest BCUT2D eigenvalue weighted by Gasteiger charge is -2.36. The van der Waals surface area contributed by atoms with Crippen LogP contribution in [0.1, 0.15) is 51.9 Å². The summed E-state index contributed by atoms with van der Waals surface area (Å²) in [6.45, 7) is 4.88. The van der Waals surface area contributed by atoms with Crippen LogP contribution in [0.25, 0.3) is 0 Å². The van der Waals surface area contributed by atoms with Crippen molar-refractivity contribution in [2.75, 3.05) is 19.7 Å².